The number of para-hydroxylation sites is 1. The summed E-state index contributed by atoms with van der Waals surface area (Å²) in [6.07, 6.45) is 1.35. The number of carbonyl (C=O) groups excluding carboxylic acids is 2. The quantitative estimate of drug-likeness (QED) is 0.651. The van der Waals surface area contributed by atoms with Crippen molar-refractivity contribution in [2.45, 2.75) is 13.5 Å². The number of hydrogen-bond donors (Lipinski definition) is 1. The number of methoxy groups -OCH3 is 1. The number of anilines is 1. The van der Waals surface area contributed by atoms with Crippen LogP contribution in [-0.2, 0) is 16.1 Å². The number of aromatic nitrogens is 2. The molecule has 0 aliphatic rings. The molecule has 3 aromatic rings. The first-order valence-electron chi connectivity index (χ1n) is 9.12. The molecule has 30 heavy (non-hydrogen) atoms. The van der Waals surface area contributed by atoms with Crippen molar-refractivity contribution in [3.8, 4) is 5.75 Å². The lowest BCUT2D eigenvalue weighted by molar-refractivity contribution is -0.133. The molecule has 2 amide bonds. The van der Waals surface area contributed by atoms with E-state index in [1.165, 1.54) is 30.0 Å². The molecule has 1 aromatic heterocycles. The van der Waals surface area contributed by atoms with Gasteiger partial charge in [-0.15, -0.1) is 0 Å². The van der Waals surface area contributed by atoms with Crippen LogP contribution in [0.5, 0.6) is 5.75 Å². The van der Waals surface area contributed by atoms with E-state index in [0.717, 1.165) is 5.56 Å². The van der Waals surface area contributed by atoms with Gasteiger partial charge in [0.25, 0.3) is 5.56 Å². The van der Waals surface area contributed by atoms with Crippen molar-refractivity contribution in [2.24, 2.45) is 0 Å². The molecule has 8 nitrogen and oxygen atoms in total. The highest BCUT2D eigenvalue weighted by Crippen LogP contribution is 2.27. The Labute approximate surface area is 178 Å². The predicted octanol–water partition coefficient (Wildman–Crippen LogP) is 2.46. The Balaban J connectivity index is 1.69. The number of ether oxygens (including phenoxy) is 1. The Morgan fingerprint density at radius 3 is 2.77 bits per heavy atom. The average molecular weight is 429 g/mol. The topological polar surface area (TPSA) is 93.5 Å². The summed E-state index contributed by atoms with van der Waals surface area (Å²) in [5, 5.41) is 3.55. The second kappa shape index (κ2) is 8.96. The number of halogens is 1. The highest BCUT2D eigenvalue weighted by atomic mass is 35.5. The Morgan fingerprint density at radius 1 is 1.27 bits per heavy atom. The molecule has 3 rings (SSSR count). The minimum absolute atomic E-state index is 0.205. The first kappa shape index (κ1) is 21.3. The average Bonchev–Trinajstić information content (AvgIpc) is 2.70. The van der Waals surface area contributed by atoms with Crippen LogP contribution in [0.3, 0.4) is 0 Å². The van der Waals surface area contributed by atoms with Gasteiger partial charge >= 0.3 is 0 Å². The highest BCUT2D eigenvalue weighted by molar-refractivity contribution is 6.31. The van der Waals surface area contributed by atoms with Gasteiger partial charge in [-0.1, -0.05) is 23.7 Å². The van der Waals surface area contributed by atoms with Gasteiger partial charge in [-0.2, -0.15) is 0 Å². The third-order valence-electron chi connectivity index (χ3n) is 4.60. The molecule has 0 fully saturated rings. The monoisotopic (exact) mass is 428 g/mol. The van der Waals surface area contributed by atoms with Gasteiger partial charge in [0.1, 0.15) is 12.3 Å². The van der Waals surface area contributed by atoms with E-state index >= 15 is 0 Å². The number of fused-ring (bicyclic) bond motifs is 1. The van der Waals surface area contributed by atoms with Crippen molar-refractivity contribution in [2.75, 3.05) is 26.0 Å². The molecule has 0 atom stereocenters. The molecule has 0 spiro atoms. The fourth-order valence-corrected chi connectivity index (χ4v) is 3.16. The summed E-state index contributed by atoms with van der Waals surface area (Å²) in [4.78, 5) is 43.1. The summed E-state index contributed by atoms with van der Waals surface area (Å²) < 4.78 is 6.43. The third-order valence-corrected chi connectivity index (χ3v) is 4.84. The second-order valence-corrected chi connectivity index (χ2v) is 7.23. The van der Waals surface area contributed by atoms with Crippen LogP contribution >= 0.6 is 11.6 Å². The van der Waals surface area contributed by atoms with E-state index in [1.807, 2.05) is 13.0 Å². The summed E-state index contributed by atoms with van der Waals surface area (Å²) in [7, 11) is 2.96. The summed E-state index contributed by atoms with van der Waals surface area (Å²) in [5.74, 6) is -0.379. The molecular weight excluding hydrogens is 408 g/mol. The molecule has 0 aliphatic carbocycles. The maximum Gasteiger partial charge on any atom is 0.261 e. The van der Waals surface area contributed by atoms with Crippen molar-refractivity contribution < 1.29 is 14.3 Å². The largest absolute Gasteiger partial charge is 0.495 e. The Morgan fingerprint density at radius 2 is 2.03 bits per heavy atom. The highest BCUT2D eigenvalue weighted by Gasteiger charge is 2.16. The van der Waals surface area contributed by atoms with Crippen LogP contribution < -0.4 is 15.6 Å². The maximum absolute atomic E-state index is 12.7. The number of nitrogens with zero attached hydrogens (tertiary/aromatic N) is 3. The zero-order valence-electron chi connectivity index (χ0n) is 16.8. The maximum atomic E-state index is 12.7. The van der Waals surface area contributed by atoms with Crippen LogP contribution in [-0.4, -0.2) is 47.0 Å². The molecular formula is C21H21ClN4O4. The first-order valence-corrected chi connectivity index (χ1v) is 9.50. The van der Waals surface area contributed by atoms with E-state index in [0.29, 0.717) is 27.4 Å². The van der Waals surface area contributed by atoms with Crippen LogP contribution in [0.4, 0.5) is 5.69 Å². The lowest BCUT2D eigenvalue weighted by Gasteiger charge is -2.18. The molecule has 0 aliphatic heterocycles. The van der Waals surface area contributed by atoms with Gasteiger partial charge in [-0.05, 0) is 36.8 Å². The summed E-state index contributed by atoms with van der Waals surface area (Å²) in [6.45, 7) is 1.44. The van der Waals surface area contributed by atoms with Gasteiger partial charge < -0.3 is 15.0 Å². The van der Waals surface area contributed by atoms with Gasteiger partial charge in [0.15, 0.2) is 0 Å². The first-order chi connectivity index (χ1) is 14.3. The van der Waals surface area contributed by atoms with Crippen molar-refractivity contribution in [1.82, 2.24) is 14.5 Å². The number of amides is 2. The SMILES string of the molecule is COc1ccc(Cl)cc1NC(=O)CN(C)C(=O)Cn1cnc2c(C)cccc2c1=O. The van der Waals surface area contributed by atoms with Crippen LogP contribution in [0, 0.1) is 6.92 Å². The van der Waals surface area contributed by atoms with Gasteiger partial charge in [0.2, 0.25) is 11.8 Å². The van der Waals surface area contributed by atoms with Gasteiger partial charge in [-0.25, -0.2) is 4.98 Å². The minimum Gasteiger partial charge on any atom is -0.495 e. The molecule has 0 bridgehead atoms. The van der Waals surface area contributed by atoms with E-state index in [4.69, 9.17) is 16.3 Å². The van der Waals surface area contributed by atoms with Gasteiger partial charge in [0, 0.05) is 12.1 Å². The third kappa shape index (κ3) is 4.60. The summed E-state index contributed by atoms with van der Waals surface area (Å²) in [5.41, 5.74) is 1.59. The number of rotatable bonds is 6. The molecule has 0 saturated carbocycles. The Bertz CT molecular complexity index is 1180. The van der Waals surface area contributed by atoms with Crippen LogP contribution in [0.25, 0.3) is 10.9 Å². The normalized spacial score (nSPS) is 10.7. The van der Waals surface area contributed by atoms with Crippen LogP contribution in [0.15, 0.2) is 47.5 Å². The molecule has 2 aromatic carbocycles. The zero-order valence-corrected chi connectivity index (χ0v) is 17.6. The number of benzene rings is 2. The molecule has 1 heterocycles. The van der Waals surface area contributed by atoms with E-state index in [9.17, 15) is 14.4 Å². The second-order valence-electron chi connectivity index (χ2n) is 6.79. The van der Waals surface area contributed by atoms with Gasteiger partial charge in [0.05, 0.1) is 36.6 Å². The van der Waals surface area contributed by atoms with Crippen LogP contribution in [0.1, 0.15) is 5.56 Å². The molecule has 0 radical (unpaired) electrons. The standard InChI is InChI=1S/C21H21ClN4O4/c1-13-5-4-6-15-20(13)23-12-26(21(15)29)11-19(28)25(2)10-18(27)24-16-9-14(22)7-8-17(16)30-3/h4-9,12H,10-11H2,1-3H3,(H,24,27). The number of nitrogens with one attached hydrogen (secondary N) is 1. The van der Waals surface area contributed by atoms with E-state index in [1.54, 1.807) is 30.3 Å². The molecule has 156 valence electrons. The molecule has 1 N–H and O–H groups in total. The van der Waals surface area contributed by atoms with Crippen molar-refractivity contribution in [3.05, 3.63) is 63.7 Å². The number of hydrogen-bond acceptors (Lipinski definition) is 5. The number of carbonyl (C=O) groups is 2. The smallest absolute Gasteiger partial charge is 0.261 e. The fourth-order valence-electron chi connectivity index (χ4n) is 2.99. The molecule has 0 unspecified atom stereocenters. The summed E-state index contributed by atoms with van der Waals surface area (Å²) >= 11 is 5.96. The van der Waals surface area contributed by atoms with Crippen molar-refractivity contribution in [3.63, 3.8) is 0 Å². The lowest BCUT2D eigenvalue weighted by Crippen LogP contribution is -2.38. The fraction of sp³-hybridized carbons (Fsp3) is 0.238. The predicted molar refractivity (Wildman–Crippen MR) is 115 cm³/mol. The Kier molecular flexibility index (Phi) is 6.37. The Hall–Kier alpha value is -3.39. The van der Waals surface area contributed by atoms with Crippen molar-refractivity contribution >= 4 is 40.0 Å². The minimum atomic E-state index is -0.425. The lowest BCUT2D eigenvalue weighted by atomic mass is 10.1. The summed E-state index contributed by atoms with van der Waals surface area (Å²) in [6, 6.07) is 10.1. The van der Waals surface area contributed by atoms with Crippen molar-refractivity contribution in [1.29, 1.82) is 0 Å². The van der Waals surface area contributed by atoms with E-state index < -0.39 is 11.8 Å². The van der Waals surface area contributed by atoms with E-state index in [2.05, 4.69) is 10.3 Å². The number of aryl methyl sites for hydroxylation is 1. The van der Waals surface area contributed by atoms with E-state index in [-0.39, 0.29) is 18.6 Å². The number of likely N-dealkylation sites (N-methyl/N-ethyl adjacent to an activating group) is 1. The molecule has 0 saturated heterocycles. The zero-order chi connectivity index (χ0) is 21.8. The van der Waals surface area contributed by atoms with Gasteiger partial charge in [-0.3, -0.25) is 19.0 Å². The van der Waals surface area contributed by atoms with Crippen LogP contribution in [0.2, 0.25) is 5.02 Å². The molecule has 9 heteroatoms.